The van der Waals surface area contributed by atoms with Crippen molar-refractivity contribution in [3.05, 3.63) is 0 Å². The molecule has 0 aromatic rings. The summed E-state index contributed by atoms with van der Waals surface area (Å²) in [5.41, 5.74) is 6.44. The molecule has 0 saturated heterocycles. The van der Waals surface area contributed by atoms with Crippen LogP contribution >= 0.6 is 0 Å². The fraction of sp³-hybridized carbons (Fsp3) is 1.00. The molecule has 206 valence electrons. The van der Waals surface area contributed by atoms with Crippen LogP contribution in [0, 0.1) is 5.92 Å². The molecule has 0 rings (SSSR count). The second-order valence-electron chi connectivity index (χ2n) is 10.8. The van der Waals surface area contributed by atoms with Gasteiger partial charge < -0.3 is 19.0 Å². The monoisotopic (exact) mass is 501 g/mol. The van der Waals surface area contributed by atoms with Crippen molar-refractivity contribution in [1.82, 2.24) is 0 Å². The summed E-state index contributed by atoms with van der Waals surface area (Å²) in [5, 5.41) is 0. The summed E-state index contributed by atoms with van der Waals surface area (Å²) >= 11 is 0. The maximum atomic E-state index is 6.58. The predicted molar refractivity (Wildman–Crippen MR) is 151 cm³/mol. The van der Waals surface area contributed by atoms with Crippen molar-refractivity contribution in [2.24, 2.45) is 11.7 Å². The highest BCUT2D eigenvalue weighted by Gasteiger charge is 2.40. The Bertz CT molecular complexity index is 411. The Morgan fingerprint density at radius 1 is 0.559 bits per heavy atom. The van der Waals surface area contributed by atoms with Crippen LogP contribution in [0.25, 0.3) is 0 Å². The van der Waals surface area contributed by atoms with Gasteiger partial charge in [0, 0.05) is 31.4 Å². The van der Waals surface area contributed by atoms with Gasteiger partial charge in [-0.2, -0.15) is 0 Å². The lowest BCUT2D eigenvalue weighted by molar-refractivity contribution is 0.0699. The van der Waals surface area contributed by atoms with Crippen LogP contribution in [0.1, 0.15) is 151 Å². The van der Waals surface area contributed by atoms with Crippen molar-refractivity contribution in [2.75, 3.05) is 19.8 Å². The number of hydrogen-bond acceptors (Lipinski definition) is 4. The average Bonchev–Trinajstić information content (AvgIpc) is 2.78. The molecule has 0 saturated carbocycles. The second kappa shape index (κ2) is 22.3. The highest BCUT2D eigenvalue weighted by molar-refractivity contribution is 6.60. The van der Waals surface area contributed by atoms with Crippen molar-refractivity contribution in [3.8, 4) is 0 Å². The molecule has 1 unspecified atom stereocenters. The van der Waals surface area contributed by atoms with Gasteiger partial charge in [0.15, 0.2) is 0 Å². The van der Waals surface area contributed by atoms with E-state index in [-0.39, 0.29) is 5.54 Å². The van der Waals surface area contributed by atoms with Gasteiger partial charge in [0.2, 0.25) is 0 Å². The molecular formula is C29H63NO3Si. The molecule has 0 radical (unpaired) electrons. The number of unbranched alkanes of at least 4 members (excludes halogenated alkanes) is 13. The van der Waals surface area contributed by atoms with Gasteiger partial charge in [-0.25, -0.2) is 0 Å². The fourth-order valence-electron chi connectivity index (χ4n) is 5.04. The van der Waals surface area contributed by atoms with E-state index in [1.54, 1.807) is 0 Å². The summed E-state index contributed by atoms with van der Waals surface area (Å²) < 4.78 is 18.1. The van der Waals surface area contributed by atoms with E-state index >= 15 is 0 Å². The molecule has 1 atom stereocenters. The topological polar surface area (TPSA) is 53.7 Å². The zero-order valence-corrected chi connectivity index (χ0v) is 25.2. The first-order valence-electron chi connectivity index (χ1n) is 15.1. The van der Waals surface area contributed by atoms with Crippen molar-refractivity contribution < 1.29 is 13.3 Å². The summed E-state index contributed by atoms with van der Waals surface area (Å²) in [5.74, 6) is 0.543. The van der Waals surface area contributed by atoms with Crippen molar-refractivity contribution >= 4 is 8.80 Å². The minimum atomic E-state index is -2.54. The van der Waals surface area contributed by atoms with Gasteiger partial charge in [-0.15, -0.1) is 0 Å². The first-order chi connectivity index (χ1) is 16.3. The third-order valence-corrected chi connectivity index (χ3v) is 10.2. The summed E-state index contributed by atoms with van der Waals surface area (Å²) in [6.07, 6.45) is 23.1. The zero-order valence-electron chi connectivity index (χ0n) is 24.2. The average molecular weight is 502 g/mol. The third-order valence-electron chi connectivity index (χ3n) is 7.09. The maximum absolute atomic E-state index is 6.58. The molecule has 2 N–H and O–H groups in total. The molecule has 0 fully saturated rings. The van der Waals surface area contributed by atoms with Gasteiger partial charge in [0.05, 0.1) is 0 Å². The van der Waals surface area contributed by atoms with Crippen LogP contribution in [-0.4, -0.2) is 34.2 Å². The summed E-state index contributed by atoms with van der Waals surface area (Å²) in [4.78, 5) is 0. The minimum Gasteiger partial charge on any atom is -0.374 e. The minimum absolute atomic E-state index is 0.135. The van der Waals surface area contributed by atoms with E-state index in [0.29, 0.717) is 25.7 Å². The molecule has 5 heteroatoms. The van der Waals surface area contributed by atoms with E-state index in [2.05, 4.69) is 20.8 Å². The molecule has 0 spiro atoms. The maximum Gasteiger partial charge on any atom is 0.500 e. The number of hydrogen-bond donors (Lipinski definition) is 1. The zero-order chi connectivity index (χ0) is 25.5. The lowest BCUT2D eigenvalue weighted by atomic mass is 9.81. The van der Waals surface area contributed by atoms with Crippen LogP contribution in [0.15, 0.2) is 0 Å². The Balaban J connectivity index is 4.03. The lowest BCUT2D eigenvalue weighted by Crippen LogP contribution is -2.46. The fourth-order valence-corrected chi connectivity index (χ4v) is 7.68. The van der Waals surface area contributed by atoms with Crippen LogP contribution in [0.4, 0.5) is 0 Å². The van der Waals surface area contributed by atoms with Crippen LogP contribution in [-0.2, 0) is 13.3 Å². The Labute approximate surface area is 215 Å². The summed E-state index contributed by atoms with van der Waals surface area (Å²) in [6.45, 7) is 14.7. The molecule has 34 heavy (non-hydrogen) atoms. The number of rotatable bonds is 26. The molecule has 0 aliphatic rings. The van der Waals surface area contributed by atoms with E-state index in [9.17, 15) is 0 Å². The van der Waals surface area contributed by atoms with Crippen LogP contribution < -0.4 is 5.73 Å². The first-order valence-corrected chi connectivity index (χ1v) is 17.0. The Morgan fingerprint density at radius 2 is 0.912 bits per heavy atom. The second-order valence-corrected chi connectivity index (χ2v) is 13.5. The molecule has 0 aromatic carbocycles. The Kier molecular flexibility index (Phi) is 22.3. The van der Waals surface area contributed by atoms with Gasteiger partial charge in [0.25, 0.3) is 0 Å². The smallest absolute Gasteiger partial charge is 0.374 e. The molecule has 0 heterocycles. The molecule has 4 nitrogen and oxygen atoms in total. The molecule has 0 aliphatic carbocycles. The molecular weight excluding hydrogens is 438 g/mol. The third kappa shape index (κ3) is 18.3. The first kappa shape index (κ1) is 34.1. The largest absolute Gasteiger partial charge is 0.500 e. The number of nitrogens with two attached hydrogens (primary N) is 1. The van der Waals surface area contributed by atoms with Gasteiger partial charge in [-0.05, 0) is 59.8 Å². The van der Waals surface area contributed by atoms with Gasteiger partial charge in [-0.3, -0.25) is 0 Å². The normalized spacial score (nSPS) is 13.5. The van der Waals surface area contributed by atoms with Gasteiger partial charge in [0.1, 0.15) is 0 Å². The van der Waals surface area contributed by atoms with Crippen LogP contribution in [0.3, 0.4) is 0 Å². The Morgan fingerprint density at radius 3 is 1.26 bits per heavy atom. The SMILES string of the molecule is CCCCCCCCCCCCCCCCC(CCC[Si](OCC)(OCC)OCC)C(C)(C)N. The standard InChI is InChI=1S/C29H63NO3Si/c1-7-11-12-13-14-15-16-17-18-19-20-21-22-23-25-28(29(5,6)30)26-24-27-34(31-8-2,32-9-3)33-10-4/h28H,7-27,30H2,1-6H3. The van der Waals surface area contributed by atoms with E-state index in [4.69, 9.17) is 19.0 Å². The Hall–Kier alpha value is 0.0569. The molecule has 0 bridgehead atoms. The lowest BCUT2D eigenvalue weighted by Gasteiger charge is -2.33. The predicted octanol–water partition coefficient (Wildman–Crippen LogP) is 9.04. The highest BCUT2D eigenvalue weighted by atomic mass is 28.4. The van der Waals surface area contributed by atoms with Crippen LogP contribution in [0.2, 0.25) is 6.04 Å². The molecule has 0 aliphatic heterocycles. The van der Waals surface area contributed by atoms with Crippen molar-refractivity contribution in [1.29, 1.82) is 0 Å². The highest BCUT2D eigenvalue weighted by Crippen LogP contribution is 2.29. The molecule has 0 aromatic heterocycles. The summed E-state index contributed by atoms with van der Waals surface area (Å²) in [6, 6.07) is 0.897. The quantitative estimate of drug-likeness (QED) is 0.0948. The summed E-state index contributed by atoms with van der Waals surface area (Å²) in [7, 11) is -2.54. The van der Waals surface area contributed by atoms with E-state index in [1.807, 2.05) is 20.8 Å². The van der Waals surface area contributed by atoms with Crippen molar-refractivity contribution in [2.45, 2.75) is 162 Å². The van der Waals surface area contributed by atoms with Crippen LogP contribution in [0.5, 0.6) is 0 Å². The van der Waals surface area contributed by atoms with Crippen molar-refractivity contribution in [3.63, 3.8) is 0 Å². The van der Waals surface area contributed by atoms with E-state index in [1.165, 1.54) is 96.3 Å². The van der Waals surface area contributed by atoms with Gasteiger partial charge in [-0.1, -0.05) is 96.8 Å². The molecule has 0 amide bonds. The van der Waals surface area contributed by atoms with E-state index < -0.39 is 8.80 Å². The van der Waals surface area contributed by atoms with E-state index in [0.717, 1.165) is 18.9 Å². The van der Waals surface area contributed by atoms with Gasteiger partial charge >= 0.3 is 8.80 Å².